The van der Waals surface area contributed by atoms with Gasteiger partial charge in [0.15, 0.2) is 16.9 Å². The summed E-state index contributed by atoms with van der Waals surface area (Å²) in [6.07, 6.45) is -7.49. The summed E-state index contributed by atoms with van der Waals surface area (Å²) in [4.78, 5) is 35.2. The molecule has 0 aliphatic carbocycles. The largest absolute Gasteiger partial charge is 0.481 e. The highest BCUT2D eigenvalue weighted by molar-refractivity contribution is 5.90. The van der Waals surface area contributed by atoms with E-state index in [1.807, 2.05) is 0 Å². The van der Waals surface area contributed by atoms with Gasteiger partial charge in [-0.1, -0.05) is 6.07 Å². The Hall–Kier alpha value is -4.17. The number of fused-ring (bicyclic) bond motifs is 2. The van der Waals surface area contributed by atoms with Gasteiger partial charge in [0.05, 0.1) is 10.9 Å². The second-order valence-electron chi connectivity index (χ2n) is 8.59. The van der Waals surface area contributed by atoms with Crippen molar-refractivity contribution in [1.82, 2.24) is 0 Å². The molecule has 1 fully saturated rings. The van der Waals surface area contributed by atoms with Crippen LogP contribution in [0.5, 0.6) is 17.2 Å². The van der Waals surface area contributed by atoms with Gasteiger partial charge in [-0.3, -0.25) is 14.4 Å². The molecule has 5 atom stereocenters. The van der Waals surface area contributed by atoms with Crippen molar-refractivity contribution >= 4 is 22.9 Å². The molecular weight excluding hydrogens is 508 g/mol. The van der Waals surface area contributed by atoms with Crippen LogP contribution in [0.15, 0.2) is 51.9 Å². The van der Waals surface area contributed by atoms with E-state index < -0.39 is 55.7 Å². The third kappa shape index (κ3) is 4.99. The normalized spacial score (nSPS) is 24.2. The fourth-order valence-corrected chi connectivity index (χ4v) is 4.08. The molecule has 2 aliphatic rings. The number of hydrogen-bond donors (Lipinski definition) is 4. The molecule has 2 aromatic carbocycles. The highest BCUT2D eigenvalue weighted by Crippen LogP contribution is 2.35. The zero-order valence-corrected chi connectivity index (χ0v) is 19.5. The Morgan fingerprint density at radius 2 is 1.76 bits per heavy atom. The van der Waals surface area contributed by atoms with Crippen molar-refractivity contribution in [3.8, 4) is 28.4 Å². The summed E-state index contributed by atoms with van der Waals surface area (Å²) >= 11 is 0. The van der Waals surface area contributed by atoms with Crippen LogP contribution in [0.4, 0.5) is 0 Å². The van der Waals surface area contributed by atoms with E-state index in [2.05, 4.69) is 0 Å². The summed E-state index contributed by atoms with van der Waals surface area (Å²) in [7, 11) is 0. The summed E-state index contributed by atoms with van der Waals surface area (Å²) in [5.41, 5.74) is 0.730. The zero-order valence-electron chi connectivity index (χ0n) is 19.5. The van der Waals surface area contributed by atoms with Crippen LogP contribution in [0.25, 0.3) is 22.1 Å². The van der Waals surface area contributed by atoms with Crippen LogP contribution in [-0.4, -0.2) is 76.5 Å². The highest BCUT2D eigenvalue weighted by Gasteiger charge is 2.45. The summed E-state index contributed by atoms with van der Waals surface area (Å²) < 4.78 is 32.2. The van der Waals surface area contributed by atoms with Gasteiger partial charge in [-0.25, -0.2) is 0 Å². The van der Waals surface area contributed by atoms with Gasteiger partial charge in [-0.05, 0) is 29.8 Å². The lowest BCUT2D eigenvalue weighted by Crippen LogP contribution is -2.60. The van der Waals surface area contributed by atoms with Crippen LogP contribution in [0.3, 0.4) is 0 Å². The Kier molecular flexibility index (Phi) is 6.91. The Morgan fingerprint density at radius 1 is 0.974 bits per heavy atom. The number of benzene rings is 2. The lowest BCUT2D eigenvalue weighted by Gasteiger charge is -2.39. The average Bonchev–Trinajstić information content (AvgIpc) is 3.36. The topological polar surface area (TPSA) is 191 Å². The fourth-order valence-electron chi connectivity index (χ4n) is 4.08. The number of carbonyl (C=O) groups excluding carboxylic acids is 1. The lowest BCUT2D eigenvalue weighted by atomic mass is 9.99. The predicted octanol–water partition coefficient (Wildman–Crippen LogP) is 0.393. The van der Waals surface area contributed by atoms with Crippen molar-refractivity contribution in [2.75, 3.05) is 13.4 Å². The maximum atomic E-state index is 13.1. The third-order valence-electron chi connectivity index (χ3n) is 6.05. The molecule has 13 heteroatoms. The summed E-state index contributed by atoms with van der Waals surface area (Å²) in [5, 5.41) is 39.6. The van der Waals surface area contributed by atoms with Gasteiger partial charge in [0.1, 0.15) is 55.0 Å². The molecular formula is C25H22O13. The first-order valence-corrected chi connectivity index (χ1v) is 11.4. The number of aliphatic carboxylic acids is 1. The molecule has 0 saturated carbocycles. The van der Waals surface area contributed by atoms with Crippen LogP contribution in [0.1, 0.15) is 6.42 Å². The molecule has 4 N–H and O–H groups in total. The summed E-state index contributed by atoms with van der Waals surface area (Å²) in [6, 6.07) is 9.35. The first-order chi connectivity index (χ1) is 18.2. The molecule has 0 amide bonds. The quantitative estimate of drug-likeness (QED) is 0.243. The van der Waals surface area contributed by atoms with E-state index >= 15 is 0 Å². The molecule has 0 radical (unpaired) electrons. The minimum Gasteiger partial charge on any atom is -0.481 e. The van der Waals surface area contributed by atoms with Crippen molar-refractivity contribution in [3.63, 3.8) is 0 Å². The van der Waals surface area contributed by atoms with Gasteiger partial charge >= 0.3 is 11.9 Å². The van der Waals surface area contributed by atoms with Crippen molar-refractivity contribution < 1.29 is 58.1 Å². The molecule has 0 spiro atoms. The number of carboxylic acid groups (broad SMARTS) is 1. The number of hydrogen-bond acceptors (Lipinski definition) is 12. The maximum absolute atomic E-state index is 13.1. The number of aliphatic hydroxyl groups excluding tert-OH is 3. The standard InChI is InChI=1S/C25H22O13/c26-19(27)7-20(28)34-9-18-22(30)23(31)24(32)25(38-18)37-12-2-3-13-16(6-12)33-8-14(21(13)29)11-1-4-15-17(5-11)36-10-35-15/h1-6,8,18,22-25,30-32H,7,9-10H2,(H,26,27)/t18-,22-,23+,24-,25-/m1/s1. The van der Waals surface area contributed by atoms with Gasteiger partial charge in [-0.2, -0.15) is 0 Å². The zero-order chi connectivity index (χ0) is 27.0. The van der Waals surface area contributed by atoms with Crippen LogP contribution in [-0.2, 0) is 19.1 Å². The Morgan fingerprint density at radius 3 is 2.55 bits per heavy atom. The van der Waals surface area contributed by atoms with E-state index in [-0.39, 0.29) is 28.9 Å². The summed E-state index contributed by atoms with van der Waals surface area (Å²) in [6.45, 7) is -0.494. The van der Waals surface area contributed by atoms with Crippen molar-refractivity contribution in [2.24, 2.45) is 0 Å². The molecule has 5 rings (SSSR count). The molecule has 3 aromatic rings. The SMILES string of the molecule is O=C(O)CC(=O)OC[C@H]1O[C@@H](Oc2ccc3c(=O)c(-c4ccc5c(c4)OCO5)coc3c2)[C@H](O)[C@@H](O)[C@@H]1O. The molecule has 2 aliphatic heterocycles. The lowest BCUT2D eigenvalue weighted by molar-refractivity contribution is -0.278. The van der Waals surface area contributed by atoms with Gasteiger partial charge in [0.25, 0.3) is 0 Å². The van der Waals surface area contributed by atoms with E-state index in [9.17, 15) is 29.7 Å². The molecule has 0 bridgehead atoms. The fraction of sp³-hybridized carbons (Fsp3) is 0.320. The Balaban J connectivity index is 1.33. The van der Waals surface area contributed by atoms with Crippen LogP contribution in [0, 0.1) is 0 Å². The molecule has 13 nitrogen and oxygen atoms in total. The first-order valence-electron chi connectivity index (χ1n) is 11.4. The van der Waals surface area contributed by atoms with Crippen molar-refractivity contribution in [3.05, 3.63) is 52.9 Å². The average molecular weight is 530 g/mol. The second-order valence-corrected chi connectivity index (χ2v) is 8.59. The minimum atomic E-state index is -1.72. The highest BCUT2D eigenvalue weighted by atomic mass is 16.7. The molecule has 0 unspecified atom stereocenters. The Labute approximate surface area is 213 Å². The molecule has 38 heavy (non-hydrogen) atoms. The molecule has 3 heterocycles. The van der Waals surface area contributed by atoms with Crippen LogP contribution in [0.2, 0.25) is 0 Å². The van der Waals surface area contributed by atoms with Gasteiger partial charge in [0, 0.05) is 6.07 Å². The number of ether oxygens (including phenoxy) is 5. The minimum absolute atomic E-state index is 0.0971. The van der Waals surface area contributed by atoms with Gasteiger partial charge < -0.3 is 48.5 Å². The smallest absolute Gasteiger partial charge is 0.317 e. The van der Waals surface area contributed by atoms with Crippen LogP contribution < -0.4 is 19.6 Å². The van der Waals surface area contributed by atoms with E-state index in [1.54, 1.807) is 18.2 Å². The number of aliphatic hydroxyl groups is 3. The number of carbonyl (C=O) groups is 2. The molecule has 1 saturated heterocycles. The summed E-state index contributed by atoms with van der Waals surface area (Å²) in [5.74, 6) is -1.28. The third-order valence-corrected chi connectivity index (χ3v) is 6.05. The van der Waals surface area contributed by atoms with Crippen molar-refractivity contribution in [2.45, 2.75) is 37.1 Å². The predicted molar refractivity (Wildman–Crippen MR) is 125 cm³/mol. The number of rotatable bonds is 7. The molecule has 200 valence electrons. The van der Waals surface area contributed by atoms with E-state index in [1.165, 1.54) is 24.5 Å². The van der Waals surface area contributed by atoms with Crippen LogP contribution >= 0.6 is 0 Å². The van der Waals surface area contributed by atoms with E-state index in [0.29, 0.717) is 22.6 Å². The second kappa shape index (κ2) is 10.3. The number of carboxylic acids is 1. The Bertz CT molecular complexity index is 1430. The van der Waals surface area contributed by atoms with E-state index in [0.717, 1.165) is 0 Å². The first kappa shape index (κ1) is 25.5. The van der Waals surface area contributed by atoms with Gasteiger partial charge in [-0.15, -0.1) is 0 Å². The van der Waals surface area contributed by atoms with Gasteiger partial charge in [0.2, 0.25) is 13.1 Å². The van der Waals surface area contributed by atoms with Crippen molar-refractivity contribution in [1.29, 1.82) is 0 Å². The maximum Gasteiger partial charge on any atom is 0.317 e. The number of esters is 1. The molecule has 1 aromatic heterocycles. The monoisotopic (exact) mass is 530 g/mol. The van der Waals surface area contributed by atoms with E-state index in [4.69, 9.17) is 33.2 Å².